The molecule has 8 heteroatoms. The van der Waals surface area contributed by atoms with Gasteiger partial charge in [0, 0.05) is 0 Å². The van der Waals surface area contributed by atoms with E-state index in [-0.39, 0.29) is 29.6 Å². The first kappa shape index (κ1) is 13.9. The largest absolute Gasteiger partial charge is 1.00 e. The Hall–Kier alpha value is 0.340. The van der Waals surface area contributed by atoms with Gasteiger partial charge in [0.15, 0.2) is 5.44 Å². The molecule has 0 heterocycles. The van der Waals surface area contributed by atoms with Crippen LogP contribution in [0.4, 0.5) is 0 Å². The third-order valence-corrected chi connectivity index (χ3v) is 1.54. The standard InChI is InChI=1S/C3H7NO5S.Na/c4-2(5)1-3(6)10(7,8)9;/h3,6H,1H2,(H2,4,5)(H,7,8,9);/q;+1/p-1. The summed E-state index contributed by atoms with van der Waals surface area (Å²) in [6.07, 6.45) is -0.855. The fourth-order valence-electron chi connectivity index (χ4n) is 0.274. The number of carbonyl (C=O) groups is 1. The predicted octanol–water partition coefficient (Wildman–Crippen LogP) is -5.27. The Morgan fingerprint density at radius 2 is 2.00 bits per heavy atom. The van der Waals surface area contributed by atoms with Crippen molar-refractivity contribution in [1.82, 2.24) is 0 Å². The summed E-state index contributed by atoms with van der Waals surface area (Å²) in [6, 6.07) is 0. The number of carbonyl (C=O) groups excluding carboxylic acids is 1. The summed E-state index contributed by atoms with van der Waals surface area (Å²) < 4.78 is 29.6. The van der Waals surface area contributed by atoms with Crippen molar-refractivity contribution in [3.63, 3.8) is 0 Å². The zero-order valence-electron chi connectivity index (χ0n) is 5.85. The van der Waals surface area contributed by atoms with Crippen LogP contribution in [0.3, 0.4) is 0 Å². The fraction of sp³-hybridized carbons (Fsp3) is 0.667. The molecule has 11 heavy (non-hydrogen) atoms. The molecule has 0 aliphatic carbocycles. The SMILES string of the molecule is NC(=O)CC(O)S(=O)(=O)[O-].[Na+]. The van der Waals surface area contributed by atoms with Crippen molar-refractivity contribution >= 4 is 16.0 Å². The summed E-state index contributed by atoms with van der Waals surface area (Å²) in [4.78, 5) is 9.92. The molecule has 0 saturated heterocycles. The minimum Gasteiger partial charge on any atom is -0.746 e. The van der Waals surface area contributed by atoms with Gasteiger partial charge in [0.05, 0.1) is 6.42 Å². The normalized spacial score (nSPS) is 13.3. The van der Waals surface area contributed by atoms with Gasteiger partial charge in [-0.2, -0.15) is 0 Å². The molecule has 0 aromatic rings. The van der Waals surface area contributed by atoms with Crippen LogP contribution >= 0.6 is 0 Å². The number of hydrogen-bond acceptors (Lipinski definition) is 5. The zero-order chi connectivity index (χ0) is 8.36. The Bertz CT molecular complexity index is 224. The number of hydrogen-bond donors (Lipinski definition) is 2. The topological polar surface area (TPSA) is 121 Å². The Morgan fingerprint density at radius 1 is 1.64 bits per heavy atom. The molecule has 0 fully saturated rings. The molecule has 1 atom stereocenters. The number of aliphatic hydroxyl groups is 1. The Kier molecular flexibility index (Phi) is 6.40. The Balaban J connectivity index is 0. The van der Waals surface area contributed by atoms with E-state index in [9.17, 15) is 17.8 Å². The molecule has 0 aliphatic rings. The molecule has 0 spiro atoms. The van der Waals surface area contributed by atoms with Gasteiger partial charge in [-0.15, -0.1) is 0 Å². The van der Waals surface area contributed by atoms with E-state index in [1.807, 2.05) is 0 Å². The zero-order valence-corrected chi connectivity index (χ0v) is 8.67. The van der Waals surface area contributed by atoms with Gasteiger partial charge in [0.2, 0.25) is 5.91 Å². The van der Waals surface area contributed by atoms with Crippen molar-refractivity contribution in [2.75, 3.05) is 0 Å². The van der Waals surface area contributed by atoms with Crippen LogP contribution in [0, 0.1) is 0 Å². The number of aliphatic hydroxyl groups excluding tert-OH is 1. The van der Waals surface area contributed by atoms with Gasteiger partial charge in [0.1, 0.15) is 10.1 Å². The predicted molar refractivity (Wildman–Crippen MR) is 29.5 cm³/mol. The molecule has 0 aromatic carbocycles. The van der Waals surface area contributed by atoms with E-state index in [4.69, 9.17) is 5.11 Å². The molecule has 0 rings (SSSR count). The van der Waals surface area contributed by atoms with E-state index in [0.717, 1.165) is 0 Å². The van der Waals surface area contributed by atoms with Crippen molar-refractivity contribution in [3.05, 3.63) is 0 Å². The smallest absolute Gasteiger partial charge is 0.746 e. The Labute approximate surface area is 85.8 Å². The number of primary amides is 1. The van der Waals surface area contributed by atoms with Gasteiger partial charge in [0.25, 0.3) is 0 Å². The van der Waals surface area contributed by atoms with Crippen LogP contribution in [0.1, 0.15) is 6.42 Å². The van der Waals surface area contributed by atoms with Gasteiger partial charge in [-0.1, -0.05) is 0 Å². The minimum atomic E-state index is -4.79. The van der Waals surface area contributed by atoms with Gasteiger partial charge < -0.3 is 15.4 Å². The van der Waals surface area contributed by atoms with Crippen LogP contribution in [0.15, 0.2) is 0 Å². The summed E-state index contributed by atoms with van der Waals surface area (Å²) in [5.74, 6) is -1.04. The molecule has 0 aromatic heterocycles. The first-order chi connectivity index (χ1) is 4.34. The summed E-state index contributed by atoms with van der Waals surface area (Å²) in [6.45, 7) is 0. The maximum absolute atomic E-state index is 9.92. The van der Waals surface area contributed by atoms with E-state index in [1.165, 1.54) is 0 Å². The summed E-state index contributed by atoms with van der Waals surface area (Å²) in [5.41, 5.74) is 2.27. The van der Waals surface area contributed by atoms with E-state index in [1.54, 1.807) is 0 Å². The summed E-state index contributed by atoms with van der Waals surface area (Å²) >= 11 is 0. The first-order valence-corrected chi connectivity index (χ1v) is 3.72. The minimum absolute atomic E-state index is 0. The number of rotatable bonds is 3. The number of amides is 1. The van der Waals surface area contributed by atoms with Crippen LogP contribution in [-0.2, 0) is 14.9 Å². The van der Waals surface area contributed by atoms with Gasteiger partial charge in [-0.3, -0.25) is 4.79 Å². The monoisotopic (exact) mass is 191 g/mol. The van der Waals surface area contributed by atoms with Crippen LogP contribution in [0.2, 0.25) is 0 Å². The molecule has 0 bridgehead atoms. The molecule has 1 amide bonds. The molecule has 3 N–H and O–H groups in total. The first-order valence-electron chi connectivity index (χ1n) is 2.25. The molecule has 6 nitrogen and oxygen atoms in total. The summed E-state index contributed by atoms with van der Waals surface area (Å²) in [7, 11) is -4.79. The Morgan fingerprint density at radius 3 is 2.09 bits per heavy atom. The summed E-state index contributed by atoms with van der Waals surface area (Å²) in [5, 5.41) is 8.35. The second kappa shape index (κ2) is 5.07. The van der Waals surface area contributed by atoms with E-state index < -0.39 is 27.9 Å². The van der Waals surface area contributed by atoms with Crippen molar-refractivity contribution < 1.29 is 52.4 Å². The second-order valence-electron chi connectivity index (χ2n) is 1.62. The van der Waals surface area contributed by atoms with Crippen LogP contribution in [0.25, 0.3) is 0 Å². The molecule has 0 saturated carbocycles. The molecule has 0 radical (unpaired) electrons. The second-order valence-corrected chi connectivity index (χ2v) is 3.15. The van der Waals surface area contributed by atoms with E-state index in [0.29, 0.717) is 0 Å². The molecule has 0 aliphatic heterocycles. The third-order valence-electron chi connectivity index (χ3n) is 0.709. The van der Waals surface area contributed by atoms with Crippen LogP contribution in [-0.4, -0.2) is 29.4 Å². The quantitative estimate of drug-likeness (QED) is 0.341. The fourth-order valence-corrected chi connectivity index (χ4v) is 0.643. The van der Waals surface area contributed by atoms with Crippen molar-refractivity contribution in [2.45, 2.75) is 11.9 Å². The molecular weight excluding hydrogens is 185 g/mol. The van der Waals surface area contributed by atoms with Gasteiger partial charge >= 0.3 is 29.6 Å². The molecule has 1 unspecified atom stereocenters. The van der Waals surface area contributed by atoms with Gasteiger partial charge in [-0.05, 0) is 0 Å². The number of nitrogens with two attached hydrogens (primary N) is 1. The van der Waals surface area contributed by atoms with E-state index >= 15 is 0 Å². The van der Waals surface area contributed by atoms with Crippen molar-refractivity contribution in [3.8, 4) is 0 Å². The van der Waals surface area contributed by atoms with Crippen molar-refractivity contribution in [1.29, 1.82) is 0 Å². The average Bonchev–Trinajstić information content (AvgIpc) is 1.60. The van der Waals surface area contributed by atoms with Crippen molar-refractivity contribution in [2.24, 2.45) is 5.73 Å². The molecule has 60 valence electrons. The van der Waals surface area contributed by atoms with Crippen LogP contribution in [0.5, 0.6) is 0 Å². The third kappa shape index (κ3) is 6.73. The maximum Gasteiger partial charge on any atom is 1.00 e. The van der Waals surface area contributed by atoms with E-state index in [2.05, 4.69) is 5.73 Å². The maximum atomic E-state index is 9.92. The average molecular weight is 191 g/mol. The van der Waals surface area contributed by atoms with Gasteiger partial charge in [-0.25, -0.2) is 8.42 Å². The van der Waals surface area contributed by atoms with Crippen LogP contribution < -0.4 is 35.3 Å². The molecular formula is C3H6NNaO5S.